The Hall–Kier alpha value is -1.74. The SMILES string of the molecule is COc1c(C)cc(-c2ccoc2CNC(C)C)cc1C. The molecule has 0 spiro atoms. The number of furan rings is 1. The van der Waals surface area contributed by atoms with Crippen molar-refractivity contribution in [2.45, 2.75) is 40.3 Å². The highest BCUT2D eigenvalue weighted by Crippen LogP contribution is 2.32. The van der Waals surface area contributed by atoms with Crippen molar-refractivity contribution in [2.24, 2.45) is 0 Å². The van der Waals surface area contributed by atoms with Crippen molar-refractivity contribution in [3.8, 4) is 16.9 Å². The second kappa shape index (κ2) is 6.14. The maximum atomic E-state index is 5.61. The maximum Gasteiger partial charge on any atom is 0.125 e. The van der Waals surface area contributed by atoms with Crippen LogP contribution in [0.15, 0.2) is 28.9 Å². The highest BCUT2D eigenvalue weighted by atomic mass is 16.5. The molecule has 0 aliphatic carbocycles. The molecule has 0 aliphatic heterocycles. The lowest BCUT2D eigenvalue weighted by Gasteiger charge is -2.12. The number of methoxy groups -OCH3 is 1. The first-order valence-electron chi connectivity index (χ1n) is 6.98. The van der Waals surface area contributed by atoms with Gasteiger partial charge >= 0.3 is 0 Å². The molecule has 0 saturated carbocycles. The molecule has 1 aromatic carbocycles. The molecule has 0 radical (unpaired) electrons. The average Bonchev–Trinajstić information content (AvgIpc) is 2.84. The first-order chi connectivity index (χ1) is 9.52. The molecule has 3 heteroatoms. The van der Waals surface area contributed by atoms with Crippen molar-refractivity contribution in [1.82, 2.24) is 5.32 Å². The normalized spacial score (nSPS) is 11.1. The smallest absolute Gasteiger partial charge is 0.125 e. The van der Waals surface area contributed by atoms with E-state index in [0.29, 0.717) is 6.04 Å². The van der Waals surface area contributed by atoms with Crippen LogP contribution in [0.5, 0.6) is 5.75 Å². The van der Waals surface area contributed by atoms with E-state index in [1.165, 1.54) is 5.56 Å². The van der Waals surface area contributed by atoms with Gasteiger partial charge in [-0.3, -0.25) is 0 Å². The average molecular weight is 273 g/mol. The summed E-state index contributed by atoms with van der Waals surface area (Å²) in [6.07, 6.45) is 1.75. The summed E-state index contributed by atoms with van der Waals surface area (Å²) in [5.74, 6) is 1.93. The Balaban J connectivity index is 2.35. The summed E-state index contributed by atoms with van der Waals surface area (Å²) in [6.45, 7) is 9.14. The fourth-order valence-electron chi connectivity index (χ4n) is 2.46. The van der Waals surface area contributed by atoms with Gasteiger partial charge in [-0.05, 0) is 48.7 Å². The van der Waals surface area contributed by atoms with Crippen molar-refractivity contribution in [3.63, 3.8) is 0 Å². The molecule has 2 rings (SSSR count). The Bertz CT molecular complexity index is 561. The van der Waals surface area contributed by atoms with Gasteiger partial charge in [-0.1, -0.05) is 13.8 Å². The monoisotopic (exact) mass is 273 g/mol. The van der Waals surface area contributed by atoms with Crippen LogP contribution in [0.3, 0.4) is 0 Å². The second-order valence-corrected chi connectivity index (χ2v) is 5.44. The summed E-state index contributed by atoms with van der Waals surface area (Å²) in [4.78, 5) is 0. The van der Waals surface area contributed by atoms with Crippen LogP contribution < -0.4 is 10.1 Å². The third-order valence-electron chi connectivity index (χ3n) is 3.39. The van der Waals surface area contributed by atoms with Gasteiger partial charge in [0.1, 0.15) is 11.5 Å². The molecule has 0 aliphatic rings. The number of ether oxygens (including phenoxy) is 1. The highest BCUT2D eigenvalue weighted by molar-refractivity contribution is 5.69. The molecule has 1 N–H and O–H groups in total. The summed E-state index contributed by atoms with van der Waals surface area (Å²) in [5, 5.41) is 3.39. The number of hydrogen-bond donors (Lipinski definition) is 1. The van der Waals surface area contributed by atoms with Crippen molar-refractivity contribution in [2.75, 3.05) is 7.11 Å². The molecule has 0 saturated heterocycles. The van der Waals surface area contributed by atoms with Crippen molar-refractivity contribution >= 4 is 0 Å². The lowest BCUT2D eigenvalue weighted by atomic mass is 10.00. The summed E-state index contributed by atoms with van der Waals surface area (Å²) < 4.78 is 11.0. The second-order valence-electron chi connectivity index (χ2n) is 5.44. The van der Waals surface area contributed by atoms with E-state index in [-0.39, 0.29) is 0 Å². The van der Waals surface area contributed by atoms with E-state index in [1.807, 2.05) is 6.07 Å². The molecule has 2 aromatic rings. The largest absolute Gasteiger partial charge is 0.496 e. The zero-order valence-electron chi connectivity index (χ0n) is 12.9. The minimum Gasteiger partial charge on any atom is -0.496 e. The van der Waals surface area contributed by atoms with E-state index >= 15 is 0 Å². The third-order valence-corrected chi connectivity index (χ3v) is 3.39. The van der Waals surface area contributed by atoms with Crippen molar-refractivity contribution in [3.05, 3.63) is 41.3 Å². The van der Waals surface area contributed by atoms with Crippen LogP contribution in [0.25, 0.3) is 11.1 Å². The van der Waals surface area contributed by atoms with Crippen LogP contribution in [0.2, 0.25) is 0 Å². The Labute approximate surface area is 121 Å². The van der Waals surface area contributed by atoms with E-state index in [2.05, 4.69) is 45.1 Å². The van der Waals surface area contributed by atoms with Crippen LogP contribution in [-0.2, 0) is 6.54 Å². The van der Waals surface area contributed by atoms with E-state index < -0.39 is 0 Å². The number of benzene rings is 1. The number of hydrogen-bond acceptors (Lipinski definition) is 3. The Kier molecular flexibility index (Phi) is 4.50. The summed E-state index contributed by atoms with van der Waals surface area (Å²) in [5.41, 5.74) is 4.61. The highest BCUT2D eigenvalue weighted by Gasteiger charge is 2.12. The quantitative estimate of drug-likeness (QED) is 0.891. The van der Waals surface area contributed by atoms with Gasteiger partial charge in [0.2, 0.25) is 0 Å². The molecule has 0 fully saturated rings. The predicted molar refractivity (Wildman–Crippen MR) is 82.1 cm³/mol. The molecule has 0 unspecified atom stereocenters. The van der Waals surface area contributed by atoms with Gasteiger partial charge in [0.15, 0.2) is 0 Å². The lowest BCUT2D eigenvalue weighted by molar-refractivity contribution is 0.408. The Morgan fingerprint density at radius 2 is 1.85 bits per heavy atom. The van der Waals surface area contributed by atoms with Gasteiger partial charge in [0.05, 0.1) is 19.9 Å². The molecular weight excluding hydrogens is 250 g/mol. The van der Waals surface area contributed by atoms with E-state index in [9.17, 15) is 0 Å². The molecule has 3 nitrogen and oxygen atoms in total. The Morgan fingerprint density at radius 3 is 2.40 bits per heavy atom. The summed E-state index contributed by atoms with van der Waals surface area (Å²) in [6, 6.07) is 6.76. The fourth-order valence-corrected chi connectivity index (χ4v) is 2.46. The van der Waals surface area contributed by atoms with Crippen LogP contribution in [0.1, 0.15) is 30.7 Å². The number of nitrogens with one attached hydrogen (secondary N) is 1. The van der Waals surface area contributed by atoms with Gasteiger partial charge in [0.25, 0.3) is 0 Å². The summed E-state index contributed by atoms with van der Waals surface area (Å²) in [7, 11) is 1.71. The summed E-state index contributed by atoms with van der Waals surface area (Å²) >= 11 is 0. The van der Waals surface area contributed by atoms with E-state index in [4.69, 9.17) is 9.15 Å². The molecular formula is C17H23NO2. The predicted octanol–water partition coefficient (Wildman–Crippen LogP) is 4.07. The zero-order chi connectivity index (χ0) is 14.7. The van der Waals surface area contributed by atoms with Gasteiger partial charge < -0.3 is 14.5 Å². The zero-order valence-corrected chi connectivity index (χ0v) is 12.9. The van der Waals surface area contributed by atoms with Crippen LogP contribution in [-0.4, -0.2) is 13.2 Å². The van der Waals surface area contributed by atoms with E-state index in [0.717, 1.165) is 34.7 Å². The number of rotatable bonds is 5. The van der Waals surface area contributed by atoms with Gasteiger partial charge in [-0.25, -0.2) is 0 Å². The molecule has 1 aromatic heterocycles. The molecule has 0 atom stereocenters. The van der Waals surface area contributed by atoms with Gasteiger partial charge in [0, 0.05) is 11.6 Å². The molecule has 20 heavy (non-hydrogen) atoms. The van der Waals surface area contributed by atoms with Crippen LogP contribution in [0.4, 0.5) is 0 Å². The van der Waals surface area contributed by atoms with Gasteiger partial charge in [-0.15, -0.1) is 0 Å². The Morgan fingerprint density at radius 1 is 1.20 bits per heavy atom. The van der Waals surface area contributed by atoms with Crippen LogP contribution >= 0.6 is 0 Å². The van der Waals surface area contributed by atoms with Gasteiger partial charge in [-0.2, -0.15) is 0 Å². The molecule has 108 valence electrons. The topological polar surface area (TPSA) is 34.4 Å². The third kappa shape index (κ3) is 3.05. The molecule has 0 amide bonds. The van der Waals surface area contributed by atoms with Crippen molar-refractivity contribution < 1.29 is 9.15 Å². The van der Waals surface area contributed by atoms with Crippen LogP contribution in [0, 0.1) is 13.8 Å². The first-order valence-corrected chi connectivity index (χ1v) is 6.98. The fraction of sp³-hybridized carbons (Fsp3) is 0.412. The minimum atomic E-state index is 0.437. The first kappa shape index (κ1) is 14.7. The minimum absolute atomic E-state index is 0.437. The molecule has 0 bridgehead atoms. The van der Waals surface area contributed by atoms with Crippen molar-refractivity contribution in [1.29, 1.82) is 0 Å². The maximum absolute atomic E-state index is 5.61. The molecule has 1 heterocycles. The number of aryl methyl sites for hydroxylation is 2. The standard InChI is InChI=1S/C17H23NO2/c1-11(2)18-10-16-15(6-7-20-16)14-8-12(3)17(19-5)13(4)9-14/h6-9,11,18H,10H2,1-5H3. The van der Waals surface area contributed by atoms with E-state index in [1.54, 1.807) is 13.4 Å². The lowest BCUT2D eigenvalue weighted by Crippen LogP contribution is -2.21.